The first-order valence-electron chi connectivity index (χ1n) is 4.84. The van der Waals surface area contributed by atoms with Gasteiger partial charge in [0.15, 0.2) is 0 Å². The zero-order valence-corrected chi connectivity index (χ0v) is 8.64. The van der Waals surface area contributed by atoms with Gasteiger partial charge in [0, 0.05) is 19.3 Å². The lowest BCUT2D eigenvalue weighted by Crippen LogP contribution is -2.14. The van der Waals surface area contributed by atoms with Crippen molar-refractivity contribution in [1.82, 2.24) is 9.97 Å². The van der Waals surface area contributed by atoms with Crippen LogP contribution in [0.4, 0.5) is 5.95 Å². The molecule has 0 aliphatic heterocycles. The average molecular weight is 206 g/mol. The van der Waals surface area contributed by atoms with E-state index in [2.05, 4.69) is 15.3 Å². The minimum atomic E-state index is 0.182. The van der Waals surface area contributed by atoms with Gasteiger partial charge in [-0.15, -0.1) is 0 Å². The molecule has 0 saturated heterocycles. The number of aliphatic hydroxyl groups is 1. The van der Waals surface area contributed by atoms with Gasteiger partial charge in [-0.2, -0.15) is 5.26 Å². The predicted octanol–water partition coefficient (Wildman–Crippen LogP) is 0.779. The minimum Gasteiger partial charge on any atom is -0.396 e. The van der Waals surface area contributed by atoms with E-state index in [4.69, 9.17) is 10.4 Å². The van der Waals surface area contributed by atoms with Gasteiger partial charge in [0.05, 0.1) is 0 Å². The molecule has 15 heavy (non-hydrogen) atoms. The van der Waals surface area contributed by atoms with Crippen LogP contribution in [0.2, 0.25) is 0 Å². The van der Waals surface area contributed by atoms with E-state index in [1.807, 2.05) is 13.0 Å². The van der Waals surface area contributed by atoms with E-state index in [0.29, 0.717) is 24.1 Å². The van der Waals surface area contributed by atoms with Crippen molar-refractivity contribution in [3.8, 4) is 6.07 Å². The summed E-state index contributed by atoms with van der Waals surface area (Å²) in [6, 6.07) is 3.51. The van der Waals surface area contributed by atoms with E-state index in [9.17, 15) is 0 Å². The Hall–Kier alpha value is -1.67. The first-order valence-corrected chi connectivity index (χ1v) is 4.84. The molecule has 0 aliphatic carbocycles. The highest BCUT2D eigenvalue weighted by Crippen LogP contribution is 2.04. The van der Waals surface area contributed by atoms with Crippen molar-refractivity contribution >= 4 is 5.95 Å². The third-order valence-electron chi connectivity index (χ3n) is 2.00. The molecule has 0 aliphatic rings. The Bertz CT molecular complexity index is 348. The van der Waals surface area contributed by atoms with Crippen LogP contribution in [-0.4, -0.2) is 28.2 Å². The summed E-state index contributed by atoms with van der Waals surface area (Å²) in [5, 5.41) is 20.4. The molecule has 0 spiro atoms. The largest absolute Gasteiger partial charge is 0.396 e. The van der Waals surface area contributed by atoms with Gasteiger partial charge in [0.25, 0.3) is 0 Å². The van der Waals surface area contributed by atoms with Crippen molar-refractivity contribution in [3.05, 3.63) is 18.0 Å². The summed E-state index contributed by atoms with van der Waals surface area (Å²) in [7, 11) is 0. The Kier molecular flexibility index (Phi) is 4.51. The fraction of sp³-hybridized carbons (Fsp3) is 0.500. The fourth-order valence-electron chi connectivity index (χ4n) is 1.09. The van der Waals surface area contributed by atoms with Gasteiger partial charge in [-0.3, -0.25) is 0 Å². The quantitative estimate of drug-likeness (QED) is 0.744. The van der Waals surface area contributed by atoms with Crippen LogP contribution in [-0.2, 0) is 0 Å². The second kappa shape index (κ2) is 5.94. The molecule has 1 unspecified atom stereocenters. The van der Waals surface area contributed by atoms with Gasteiger partial charge in [0.1, 0.15) is 11.8 Å². The van der Waals surface area contributed by atoms with Crippen molar-refractivity contribution < 1.29 is 5.11 Å². The third-order valence-corrected chi connectivity index (χ3v) is 2.00. The van der Waals surface area contributed by atoms with E-state index < -0.39 is 0 Å². The Morgan fingerprint density at radius 2 is 2.47 bits per heavy atom. The number of nitrogens with one attached hydrogen (secondary N) is 1. The van der Waals surface area contributed by atoms with Crippen molar-refractivity contribution in [2.75, 3.05) is 18.5 Å². The summed E-state index contributed by atoms with van der Waals surface area (Å²) in [5.74, 6) is 0.809. The second-order valence-corrected chi connectivity index (χ2v) is 3.38. The summed E-state index contributed by atoms with van der Waals surface area (Å²) >= 11 is 0. The monoisotopic (exact) mass is 206 g/mol. The molecule has 5 heteroatoms. The smallest absolute Gasteiger partial charge is 0.223 e. The molecular weight excluding hydrogens is 192 g/mol. The molecular formula is C10H14N4O. The molecule has 5 nitrogen and oxygen atoms in total. The Labute approximate surface area is 88.8 Å². The maximum Gasteiger partial charge on any atom is 0.223 e. The number of nitriles is 1. The van der Waals surface area contributed by atoms with Crippen LogP contribution in [0.25, 0.3) is 0 Å². The molecule has 80 valence electrons. The van der Waals surface area contributed by atoms with Crippen LogP contribution >= 0.6 is 0 Å². The van der Waals surface area contributed by atoms with Gasteiger partial charge in [0.2, 0.25) is 5.95 Å². The lowest BCUT2D eigenvalue weighted by Gasteiger charge is -2.10. The zero-order chi connectivity index (χ0) is 11.1. The van der Waals surface area contributed by atoms with Gasteiger partial charge >= 0.3 is 0 Å². The van der Waals surface area contributed by atoms with Crippen molar-refractivity contribution in [2.45, 2.75) is 13.3 Å². The number of rotatable bonds is 5. The van der Waals surface area contributed by atoms with Gasteiger partial charge < -0.3 is 10.4 Å². The summed E-state index contributed by atoms with van der Waals surface area (Å²) in [5.41, 5.74) is 0.349. The standard InChI is InChI=1S/C10H14N4O/c1-8(3-5-15)7-13-10-12-4-2-9(6-11)14-10/h2,4,8,15H,3,5,7H2,1H3,(H,12,13,14). The van der Waals surface area contributed by atoms with Crippen LogP contribution in [0.15, 0.2) is 12.3 Å². The van der Waals surface area contributed by atoms with Crippen LogP contribution in [0.5, 0.6) is 0 Å². The van der Waals surface area contributed by atoms with Crippen LogP contribution in [0, 0.1) is 17.2 Å². The molecule has 0 amide bonds. The van der Waals surface area contributed by atoms with Crippen LogP contribution in [0.1, 0.15) is 19.0 Å². The third kappa shape index (κ3) is 3.92. The molecule has 1 heterocycles. The number of aromatic nitrogens is 2. The lowest BCUT2D eigenvalue weighted by atomic mass is 10.1. The summed E-state index contributed by atoms with van der Waals surface area (Å²) in [6.07, 6.45) is 2.29. The molecule has 0 fully saturated rings. The summed E-state index contributed by atoms with van der Waals surface area (Å²) in [6.45, 7) is 2.90. The maximum atomic E-state index is 8.71. The first-order chi connectivity index (χ1) is 7.26. The second-order valence-electron chi connectivity index (χ2n) is 3.38. The van der Waals surface area contributed by atoms with Crippen LogP contribution in [0.3, 0.4) is 0 Å². The topological polar surface area (TPSA) is 81.8 Å². The predicted molar refractivity (Wildman–Crippen MR) is 56.1 cm³/mol. The Balaban J connectivity index is 2.47. The first kappa shape index (κ1) is 11.4. The molecule has 0 aromatic carbocycles. The number of aliphatic hydroxyl groups excluding tert-OH is 1. The highest BCUT2D eigenvalue weighted by atomic mass is 16.3. The Morgan fingerprint density at radius 1 is 1.67 bits per heavy atom. The molecule has 0 saturated carbocycles. The maximum absolute atomic E-state index is 8.71. The fourth-order valence-corrected chi connectivity index (χ4v) is 1.09. The zero-order valence-electron chi connectivity index (χ0n) is 8.64. The molecule has 0 radical (unpaired) electrons. The molecule has 2 N–H and O–H groups in total. The molecule has 1 aromatic rings. The normalized spacial score (nSPS) is 11.8. The number of hydrogen-bond donors (Lipinski definition) is 2. The van der Waals surface area contributed by atoms with Gasteiger partial charge in [-0.25, -0.2) is 9.97 Å². The lowest BCUT2D eigenvalue weighted by molar-refractivity contribution is 0.265. The highest BCUT2D eigenvalue weighted by molar-refractivity contribution is 5.29. The van der Waals surface area contributed by atoms with E-state index in [1.54, 1.807) is 12.3 Å². The number of hydrogen-bond acceptors (Lipinski definition) is 5. The van der Waals surface area contributed by atoms with E-state index in [1.165, 1.54) is 0 Å². The summed E-state index contributed by atoms with van der Waals surface area (Å²) < 4.78 is 0. The minimum absolute atomic E-state index is 0.182. The number of nitrogens with zero attached hydrogens (tertiary/aromatic N) is 3. The van der Waals surface area contributed by atoms with E-state index in [0.717, 1.165) is 6.42 Å². The molecule has 0 bridgehead atoms. The highest BCUT2D eigenvalue weighted by Gasteiger charge is 2.02. The Morgan fingerprint density at radius 3 is 3.13 bits per heavy atom. The van der Waals surface area contributed by atoms with Crippen molar-refractivity contribution in [2.24, 2.45) is 5.92 Å². The van der Waals surface area contributed by atoms with Crippen molar-refractivity contribution in [3.63, 3.8) is 0 Å². The summed E-state index contributed by atoms with van der Waals surface area (Å²) in [4.78, 5) is 7.96. The van der Waals surface area contributed by atoms with E-state index in [-0.39, 0.29) is 6.61 Å². The number of anilines is 1. The van der Waals surface area contributed by atoms with Gasteiger partial charge in [-0.1, -0.05) is 6.92 Å². The van der Waals surface area contributed by atoms with Gasteiger partial charge in [-0.05, 0) is 18.4 Å². The SMILES string of the molecule is CC(CCO)CNc1nccc(C#N)n1. The molecule has 1 aromatic heterocycles. The van der Waals surface area contributed by atoms with Crippen LogP contribution < -0.4 is 5.32 Å². The molecule has 1 atom stereocenters. The van der Waals surface area contributed by atoms with Crippen molar-refractivity contribution in [1.29, 1.82) is 5.26 Å². The average Bonchev–Trinajstić information content (AvgIpc) is 2.27. The molecule has 1 rings (SSSR count). The van der Waals surface area contributed by atoms with E-state index >= 15 is 0 Å².